The monoisotopic (exact) mass is 391 g/mol. The van der Waals surface area contributed by atoms with Crippen LogP contribution in [0.15, 0.2) is 27.2 Å². The van der Waals surface area contributed by atoms with Crippen molar-refractivity contribution in [3.05, 3.63) is 45.3 Å². The van der Waals surface area contributed by atoms with Crippen molar-refractivity contribution < 1.29 is 9.32 Å². The first kappa shape index (κ1) is 17.0. The number of benzene rings is 1. The maximum atomic E-state index is 12.8. The van der Waals surface area contributed by atoms with E-state index in [2.05, 4.69) is 26.4 Å². The Morgan fingerprint density at radius 3 is 2.96 bits per heavy atom. The second-order valence-corrected chi connectivity index (χ2v) is 7.06. The lowest BCUT2D eigenvalue weighted by atomic mass is 10.0. The fourth-order valence-corrected chi connectivity index (χ4v) is 3.58. The summed E-state index contributed by atoms with van der Waals surface area (Å²) in [6.45, 7) is 6.75. The Kier molecular flexibility index (Phi) is 4.94. The summed E-state index contributed by atoms with van der Waals surface area (Å²) in [5.41, 5.74) is 3.87. The molecule has 0 saturated carbocycles. The van der Waals surface area contributed by atoms with E-state index in [1.165, 1.54) is 0 Å². The summed E-state index contributed by atoms with van der Waals surface area (Å²) < 4.78 is 6.45. The number of urea groups is 1. The van der Waals surface area contributed by atoms with Crippen LogP contribution in [0.2, 0.25) is 0 Å². The van der Waals surface area contributed by atoms with Gasteiger partial charge in [0.25, 0.3) is 0 Å². The fourth-order valence-electron chi connectivity index (χ4n) is 3.33. The summed E-state index contributed by atoms with van der Waals surface area (Å²) in [7, 11) is 0. The highest BCUT2D eigenvalue weighted by atomic mass is 79.9. The van der Waals surface area contributed by atoms with Crippen molar-refractivity contribution in [3.63, 3.8) is 0 Å². The molecule has 1 aromatic carbocycles. The van der Waals surface area contributed by atoms with Crippen LogP contribution in [-0.2, 0) is 6.42 Å². The van der Waals surface area contributed by atoms with Crippen molar-refractivity contribution in [2.24, 2.45) is 0 Å². The van der Waals surface area contributed by atoms with E-state index in [-0.39, 0.29) is 12.1 Å². The Morgan fingerprint density at radius 1 is 1.46 bits per heavy atom. The molecule has 5 nitrogen and oxygen atoms in total. The topological polar surface area (TPSA) is 58.4 Å². The standard InChI is InChI=1S/C18H22BrN3O2/c1-4-16-17(12(3)21-24-16)15-6-5-9-22(15)18(23)20-13-7-8-14(19)11(2)10-13/h7-8,10,15H,4-6,9H2,1-3H3,(H,20,23). The van der Waals surface area contributed by atoms with Gasteiger partial charge in [-0.15, -0.1) is 0 Å². The van der Waals surface area contributed by atoms with Crippen LogP contribution >= 0.6 is 15.9 Å². The van der Waals surface area contributed by atoms with Crippen LogP contribution in [0, 0.1) is 13.8 Å². The fraction of sp³-hybridized carbons (Fsp3) is 0.444. The number of hydrogen-bond donors (Lipinski definition) is 1. The van der Waals surface area contributed by atoms with E-state index in [0.717, 1.165) is 58.5 Å². The van der Waals surface area contributed by atoms with Gasteiger partial charge in [-0.05, 0) is 50.5 Å². The van der Waals surface area contributed by atoms with Crippen LogP contribution in [0.5, 0.6) is 0 Å². The Balaban J connectivity index is 1.81. The molecular weight excluding hydrogens is 370 g/mol. The molecule has 1 atom stereocenters. The van der Waals surface area contributed by atoms with Gasteiger partial charge in [-0.25, -0.2) is 4.79 Å². The molecule has 3 rings (SSSR count). The highest BCUT2D eigenvalue weighted by molar-refractivity contribution is 9.10. The van der Waals surface area contributed by atoms with E-state index in [9.17, 15) is 4.79 Å². The van der Waals surface area contributed by atoms with Crippen molar-refractivity contribution in [1.29, 1.82) is 0 Å². The summed E-state index contributed by atoms with van der Waals surface area (Å²) in [6.07, 6.45) is 2.72. The van der Waals surface area contributed by atoms with Crippen LogP contribution in [0.4, 0.5) is 10.5 Å². The minimum absolute atomic E-state index is 0.0442. The largest absolute Gasteiger partial charge is 0.361 e. The van der Waals surface area contributed by atoms with Gasteiger partial charge in [0.2, 0.25) is 0 Å². The van der Waals surface area contributed by atoms with E-state index >= 15 is 0 Å². The molecule has 1 aliphatic heterocycles. The molecule has 1 N–H and O–H groups in total. The average molecular weight is 392 g/mol. The molecule has 128 valence electrons. The van der Waals surface area contributed by atoms with Gasteiger partial charge in [-0.2, -0.15) is 0 Å². The highest BCUT2D eigenvalue weighted by Crippen LogP contribution is 2.36. The lowest BCUT2D eigenvalue weighted by molar-refractivity contribution is 0.206. The van der Waals surface area contributed by atoms with Crippen molar-refractivity contribution >= 4 is 27.6 Å². The van der Waals surface area contributed by atoms with Crippen molar-refractivity contribution in [2.45, 2.75) is 46.1 Å². The smallest absolute Gasteiger partial charge is 0.322 e. The SMILES string of the molecule is CCc1onc(C)c1C1CCCN1C(=O)Nc1ccc(Br)c(C)c1. The van der Waals surface area contributed by atoms with Gasteiger partial charge >= 0.3 is 6.03 Å². The molecule has 1 saturated heterocycles. The predicted octanol–water partition coefficient (Wildman–Crippen LogP) is 4.99. The highest BCUT2D eigenvalue weighted by Gasteiger charge is 2.34. The molecule has 2 aromatic rings. The van der Waals surface area contributed by atoms with Gasteiger partial charge in [0, 0.05) is 28.7 Å². The summed E-state index contributed by atoms with van der Waals surface area (Å²) in [4.78, 5) is 14.7. The zero-order valence-corrected chi connectivity index (χ0v) is 15.8. The summed E-state index contributed by atoms with van der Waals surface area (Å²) >= 11 is 3.48. The van der Waals surface area contributed by atoms with E-state index in [1.807, 2.05) is 43.9 Å². The van der Waals surface area contributed by atoms with Gasteiger partial charge in [0.1, 0.15) is 5.76 Å². The summed E-state index contributed by atoms with van der Waals surface area (Å²) in [5.74, 6) is 0.886. The minimum atomic E-state index is -0.0677. The number of anilines is 1. The van der Waals surface area contributed by atoms with Crippen LogP contribution < -0.4 is 5.32 Å². The number of amides is 2. The molecule has 0 spiro atoms. The number of likely N-dealkylation sites (tertiary alicyclic amines) is 1. The molecular formula is C18H22BrN3O2. The van der Waals surface area contributed by atoms with Gasteiger partial charge in [-0.3, -0.25) is 0 Å². The number of aromatic nitrogens is 1. The van der Waals surface area contributed by atoms with Gasteiger partial charge in [-0.1, -0.05) is 28.0 Å². The third-order valence-electron chi connectivity index (χ3n) is 4.56. The Bertz CT molecular complexity index is 757. The second-order valence-electron chi connectivity index (χ2n) is 6.20. The number of aryl methyl sites for hydroxylation is 3. The first-order valence-electron chi connectivity index (χ1n) is 8.30. The van der Waals surface area contributed by atoms with Crippen molar-refractivity contribution in [1.82, 2.24) is 10.1 Å². The number of rotatable bonds is 3. The number of halogens is 1. The Hall–Kier alpha value is -1.82. The van der Waals surface area contributed by atoms with Crippen molar-refractivity contribution in [3.8, 4) is 0 Å². The molecule has 1 fully saturated rings. The maximum absolute atomic E-state index is 12.8. The summed E-state index contributed by atoms with van der Waals surface area (Å²) in [6, 6.07) is 5.80. The average Bonchev–Trinajstić information content (AvgIpc) is 3.16. The lowest BCUT2D eigenvalue weighted by Gasteiger charge is -2.25. The predicted molar refractivity (Wildman–Crippen MR) is 97.2 cm³/mol. The normalized spacial score (nSPS) is 17.3. The molecule has 0 aliphatic carbocycles. The second kappa shape index (κ2) is 6.97. The number of carbonyl (C=O) groups excluding carboxylic acids is 1. The Labute approximate surface area is 150 Å². The first-order chi connectivity index (χ1) is 11.5. The number of nitrogens with zero attached hydrogens (tertiary/aromatic N) is 2. The molecule has 24 heavy (non-hydrogen) atoms. The number of carbonyl (C=O) groups is 1. The van der Waals surface area contributed by atoms with Gasteiger partial charge in [0.05, 0.1) is 11.7 Å². The Morgan fingerprint density at radius 2 is 2.25 bits per heavy atom. The lowest BCUT2D eigenvalue weighted by Crippen LogP contribution is -2.34. The quantitative estimate of drug-likeness (QED) is 0.801. The third-order valence-corrected chi connectivity index (χ3v) is 5.45. The van der Waals surface area contributed by atoms with E-state index in [1.54, 1.807) is 0 Å². The van der Waals surface area contributed by atoms with E-state index in [4.69, 9.17) is 4.52 Å². The van der Waals surface area contributed by atoms with Crippen LogP contribution in [0.25, 0.3) is 0 Å². The van der Waals surface area contributed by atoms with E-state index < -0.39 is 0 Å². The molecule has 6 heteroatoms. The molecule has 2 heterocycles. The zero-order valence-electron chi connectivity index (χ0n) is 14.2. The zero-order chi connectivity index (χ0) is 17.3. The minimum Gasteiger partial charge on any atom is -0.361 e. The first-order valence-corrected chi connectivity index (χ1v) is 9.09. The maximum Gasteiger partial charge on any atom is 0.322 e. The number of hydrogen-bond acceptors (Lipinski definition) is 3. The molecule has 2 amide bonds. The molecule has 0 radical (unpaired) electrons. The number of nitrogens with one attached hydrogen (secondary N) is 1. The van der Waals surface area contributed by atoms with Crippen molar-refractivity contribution in [2.75, 3.05) is 11.9 Å². The molecule has 1 aromatic heterocycles. The van der Waals surface area contributed by atoms with Crippen LogP contribution in [0.3, 0.4) is 0 Å². The molecule has 1 unspecified atom stereocenters. The molecule has 0 bridgehead atoms. The molecule has 1 aliphatic rings. The van der Waals surface area contributed by atoms with Crippen LogP contribution in [-0.4, -0.2) is 22.6 Å². The van der Waals surface area contributed by atoms with Gasteiger partial charge < -0.3 is 14.7 Å². The van der Waals surface area contributed by atoms with Gasteiger partial charge in [0.15, 0.2) is 0 Å². The third kappa shape index (κ3) is 3.20. The summed E-state index contributed by atoms with van der Waals surface area (Å²) in [5, 5.41) is 7.11. The van der Waals surface area contributed by atoms with E-state index in [0.29, 0.717) is 0 Å². The van der Waals surface area contributed by atoms with Crippen LogP contribution in [0.1, 0.15) is 48.4 Å².